The highest BCUT2D eigenvalue weighted by molar-refractivity contribution is 9.10. The van der Waals surface area contributed by atoms with Crippen molar-refractivity contribution in [3.63, 3.8) is 0 Å². The number of fused-ring (bicyclic) bond motifs is 1. The van der Waals surface area contributed by atoms with Crippen molar-refractivity contribution in [2.24, 2.45) is 0 Å². The van der Waals surface area contributed by atoms with Crippen LogP contribution >= 0.6 is 27.7 Å². The zero-order valence-electron chi connectivity index (χ0n) is 15.9. The van der Waals surface area contributed by atoms with Gasteiger partial charge in [-0.15, -0.1) is 11.8 Å². The Bertz CT molecular complexity index is 1060. The monoisotopic (exact) mass is 497 g/mol. The number of rotatable bonds is 6. The van der Waals surface area contributed by atoms with Gasteiger partial charge in [0, 0.05) is 30.0 Å². The molecular weight excluding hydrogens is 478 g/mol. The molecule has 0 bridgehead atoms. The van der Waals surface area contributed by atoms with Crippen molar-refractivity contribution in [2.75, 3.05) is 31.3 Å². The molecule has 0 unspecified atom stereocenters. The Labute approximate surface area is 182 Å². The van der Waals surface area contributed by atoms with Gasteiger partial charge in [0.05, 0.1) is 16.3 Å². The van der Waals surface area contributed by atoms with Gasteiger partial charge in [0.1, 0.15) is 6.54 Å². The SMILES string of the molecule is CN(C)S(=O)(=O)c1ccc2c(c1)N(CC(=O)NCc1cccc(Br)c1)C(=O)CS2. The number of sulfonamides is 1. The Morgan fingerprint density at radius 2 is 2.00 bits per heavy atom. The number of anilines is 1. The van der Waals surface area contributed by atoms with E-state index in [2.05, 4.69) is 21.2 Å². The van der Waals surface area contributed by atoms with Crippen LogP contribution in [0.3, 0.4) is 0 Å². The standard InChI is InChI=1S/C19H20BrN3O4S2/c1-22(2)29(26,27)15-6-7-17-16(9-15)23(19(25)12-28-17)11-18(24)21-10-13-4-3-5-14(20)8-13/h3-9H,10-12H2,1-2H3,(H,21,24). The maximum Gasteiger partial charge on any atom is 0.242 e. The lowest BCUT2D eigenvalue weighted by atomic mass is 10.2. The first-order valence-electron chi connectivity index (χ1n) is 8.69. The number of carbonyl (C=O) groups excluding carboxylic acids is 2. The lowest BCUT2D eigenvalue weighted by molar-refractivity contribution is -0.123. The Morgan fingerprint density at radius 3 is 2.69 bits per heavy atom. The zero-order valence-corrected chi connectivity index (χ0v) is 19.1. The van der Waals surface area contributed by atoms with Crippen LogP contribution in [0.2, 0.25) is 0 Å². The molecule has 2 amide bonds. The second kappa shape index (κ2) is 8.86. The predicted molar refractivity (Wildman–Crippen MR) is 116 cm³/mol. The largest absolute Gasteiger partial charge is 0.350 e. The Kier molecular flexibility index (Phi) is 6.67. The molecule has 0 radical (unpaired) electrons. The van der Waals surface area contributed by atoms with Crippen LogP contribution in [0, 0.1) is 0 Å². The Hall–Kier alpha value is -1.88. The number of hydrogen-bond acceptors (Lipinski definition) is 5. The molecule has 2 aromatic carbocycles. The maximum atomic E-state index is 12.5. The number of carbonyl (C=O) groups is 2. The lowest BCUT2D eigenvalue weighted by Gasteiger charge is -2.29. The summed E-state index contributed by atoms with van der Waals surface area (Å²) < 4.78 is 26.9. The van der Waals surface area contributed by atoms with Crippen LogP contribution in [0.15, 0.2) is 56.7 Å². The van der Waals surface area contributed by atoms with Gasteiger partial charge in [-0.3, -0.25) is 9.59 Å². The number of nitrogens with zero attached hydrogens (tertiary/aromatic N) is 2. The zero-order chi connectivity index (χ0) is 21.2. The van der Waals surface area contributed by atoms with Crippen LogP contribution in [0.4, 0.5) is 5.69 Å². The van der Waals surface area contributed by atoms with E-state index in [0.29, 0.717) is 12.2 Å². The summed E-state index contributed by atoms with van der Waals surface area (Å²) in [5.74, 6) is -0.359. The molecule has 1 N–H and O–H groups in total. The normalized spacial score (nSPS) is 14.1. The minimum atomic E-state index is -3.65. The summed E-state index contributed by atoms with van der Waals surface area (Å²) in [6.45, 7) is 0.156. The van der Waals surface area contributed by atoms with Crippen LogP contribution in [0.5, 0.6) is 0 Å². The third-order valence-electron chi connectivity index (χ3n) is 4.33. The first kappa shape index (κ1) is 21.8. The summed E-state index contributed by atoms with van der Waals surface area (Å²) in [6.07, 6.45) is 0. The van der Waals surface area contributed by atoms with Crippen molar-refractivity contribution in [1.29, 1.82) is 0 Å². The van der Waals surface area contributed by atoms with E-state index in [9.17, 15) is 18.0 Å². The number of halogens is 1. The van der Waals surface area contributed by atoms with Crippen LogP contribution in [-0.2, 0) is 26.2 Å². The van der Waals surface area contributed by atoms with Crippen molar-refractivity contribution in [3.05, 3.63) is 52.5 Å². The summed E-state index contributed by atoms with van der Waals surface area (Å²) in [6, 6.07) is 12.2. The van der Waals surface area contributed by atoms with Crippen molar-refractivity contribution < 1.29 is 18.0 Å². The molecule has 1 aliphatic rings. The first-order chi connectivity index (χ1) is 13.7. The summed E-state index contributed by atoms with van der Waals surface area (Å²) in [4.78, 5) is 27.1. The fourth-order valence-corrected chi connectivity index (χ4v) is 5.06. The molecule has 0 aliphatic carbocycles. The third kappa shape index (κ3) is 5.00. The number of thioether (sulfide) groups is 1. The summed E-state index contributed by atoms with van der Waals surface area (Å²) in [7, 11) is -0.756. The molecule has 154 valence electrons. The van der Waals surface area contributed by atoms with Gasteiger partial charge >= 0.3 is 0 Å². The van der Waals surface area contributed by atoms with Gasteiger partial charge in [0.15, 0.2) is 0 Å². The average Bonchev–Trinajstić information content (AvgIpc) is 2.68. The van der Waals surface area contributed by atoms with E-state index in [0.717, 1.165) is 19.2 Å². The van der Waals surface area contributed by atoms with Crippen molar-refractivity contribution in [2.45, 2.75) is 16.3 Å². The first-order valence-corrected chi connectivity index (χ1v) is 11.9. The number of amides is 2. The van der Waals surface area contributed by atoms with Crippen molar-refractivity contribution in [1.82, 2.24) is 9.62 Å². The highest BCUT2D eigenvalue weighted by Crippen LogP contribution is 2.37. The molecule has 10 heteroatoms. The smallest absolute Gasteiger partial charge is 0.242 e. The molecular formula is C19H20BrN3O4S2. The Morgan fingerprint density at radius 1 is 1.24 bits per heavy atom. The van der Waals surface area contributed by atoms with Crippen LogP contribution in [0.25, 0.3) is 0 Å². The van der Waals surface area contributed by atoms with E-state index in [4.69, 9.17) is 0 Å². The highest BCUT2D eigenvalue weighted by Gasteiger charge is 2.29. The molecule has 1 aliphatic heterocycles. The number of nitrogens with one attached hydrogen (secondary N) is 1. The number of benzene rings is 2. The fourth-order valence-electron chi connectivity index (χ4n) is 2.77. The maximum absolute atomic E-state index is 12.5. The molecule has 1 heterocycles. The fraction of sp³-hybridized carbons (Fsp3) is 0.263. The van der Waals surface area contributed by atoms with Crippen molar-refractivity contribution in [3.8, 4) is 0 Å². The minimum Gasteiger partial charge on any atom is -0.350 e. The van der Waals surface area contributed by atoms with E-state index in [1.165, 1.54) is 42.9 Å². The quantitative estimate of drug-likeness (QED) is 0.662. The van der Waals surface area contributed by atoms with E-state index in [1.807, 2.05) is 24.3 Å². The van der Waals surface area contributed by atoms with Gasteiger partial charge in [0.2, 0.25) is 21.8 Å². The van der Waals surface area contributed by atoms with E-state index >= 15 is 0 Å². The van der Waals surface area contributed by atoms with Gasteiger partial charge in [0.25, 0.3) is 0 Å². The molecule has 0 aromatic heterocycles. The summed E-state index contributed by atoms with van der Waals surface area (Å²) >= 11 is 4.72. The van der Waals surface area contributed by atoms with E-state index in [1.54, 1.807) is 6.07 Å². The van der Waals surface area contributed by atoms with E-state index < -0.39 is 10.0 Å². The second-order valence-electron chi connectivity index (χ2n) is 6.59. The predicted octanol–water partition coefficient (Wildman–Crippen LogP) is 2.45. The van der Waals surface area contributed by atoms with Crippen LogP contribution in [-0.4, -0.2) is 50.9 Å². The topological polar surface area (TPSA) is 86.8 Å². The summed E-state index contributed by atoms with van der Waals surface area (Å²) in [5.41, 5.74) is 1.36. The van der Waals surface area contributed by atoms with Gasteiger partial charge in [-0.2, -0.15) is 0 Å². The molecule has 3 rings (SSSR count). The van der Waals surface area contributed by atoms with Gasteiger partial charge in [-0.1, -0.05) is 28.1 Å². The van der Waals surface area contributed by atoms with Gasteiger partial charge in [-0.05, 0) is 35.9 Å². The lowest BCUT2D eigenvalue weighted by Crippen LogP contribution is -2.43. The van der Waals surface area contributed by atoms with Crippen LogP contribution < -0.4 is 10.2 Å². The average molecular weight is 498 g/mol. The van der Waals surface area contributed by atoms with E-state index in [-0.39, 0.29) is 29.0 Å². The highest BCUT2D eigenvalue weighted by atomic mass is 79.9. The Balaban J connectivity index is 1.79. The minimum absolute atomic E-state index is 0.0797. The number of hydrogen-bond donors (Lipinski definition) is 1. The molecule has 0 spiro atoms. The molecule has 0 saturated carbocycles. The molecule has 2 aromatic rings. The van der Waals surface area contributed by atoms with Gasteiger partial charge in [-0.25, -0.2) is 12.7 Å². The molecule has 29 heavy (non-hydrogen) atoms. The second-order valence-corrected chi connectivity index (χ2v) is 10.7. The van der Waals surface area contributed by atoms with Crippen molar-refractivity contribution >= 4 is 55.2 Å². The molecule has 0 saturated heterocycles. The molecule has 0 atom stereocenters. The third-order valence-corrected chi connectivity index (χ3v) is 7.68. The molecule has 0 fully saturated rings. The summed E-state index contributed by atoms with van der Waals surface area (Å²) in [5, 5.41) is 2.80. The molecule has 7 nitrogen and oxygen atoms in total. The van der Waals surface area contributed by atoms with Gasteiger partial charge < -0.3 is 10.2 Å². The van der Waals surface area contributed by atoms with Crippen LogP contribution in [0.1, 0.15) is 5.56 Å².